The van der Waals surface area contributed by atoms with E-state index < -0.39 is 0 Å². The zero-order valence-electron chi connectivity index (χ0n) is 13.6. The normalized spacial score (nSPS) is 12.8. The zero-order valence-corrected chi connectivity index (χ0v) is 13.6. The van der Waals surface area contributed by atoms with Gasteiger partial charge in [0, 0.05) is 35.0 Å². The van der Waals surface area contributed by atoms with Crippen LogP contribution in [0.2, 0.25) is 0 Å². The summed E-state index contributed by atoms with van der Waals surface area (Å²) in [6.07, 6.45) is 2.59. The minimum Gasteiger partial charge on any atom is -0.493 e. The van der Waals surface area contributed by atoms with Gasteiger partial charge in [0.2, 0.25) is 0 Å². The molecule has 2 aromatic rings. The van der Waals surface area contributed by atoms with Crippen molar-refractivity contribution in [2.45, 2.75) is 13.3 Å². The fourth-order valence-electron chi connectivity index (χ4n) is 2.85. The lowest BCUT2D eigenvalue weighted by molar-refractivity contribution is 0.271. The third-order valence-electron chi connectivity index (χ3n) is 4.14. The lowest BCUT2D eigenvalue weighted by Crippen LogP contribution is -2.12. The second-order valence-corrected chi connectivity index (χ2v) is 5.61. The number of nitrogens with zero attached hydrogens (tertiary/aromatic N) is 3. The molecule has 0 fully saturated rings. The Morgan fingerprint density at radius 1 is 1.25 bits per heavy atom. The van der Waals surface area contributed by atoms with Crippen LogP contribution in [-0.4, -0.2) is 16.6 Å². The Bertz CT molecular complexity index is 919. The Kier molecular flexibility index (Phi) is 4.01. The highest BCUT2D eigenvalue weighted by atomic mass is 16.5. The van der Waals surface area contributed by atoms with Gasteiger partial charge < -0.3 is 4.74 Å². The molecular weight excluding hydrogens is 298 g/mol. The van der Waals surface area contributed by atoms with Crippen LogP contribution < -0.4 is 0 Å². The number of ether oxygens (including phenoxy) is 1. The number of rotatable bonds is 3. The van der Waals surface area contributed by atoms with E-state index in [1.54, 1.807) is 12.3 Å². The topological polar surface area (TPSA) is 58.8 Å². The summed E-state index contributed by atoms with van der Waals surface area (Å²) in [5.74, 6) is 0.614. The van der Waals surface area contributed by atoms with Gasteiger partial charge in [-0.1, -0.05) is 19.7 Å². The van der Waals surface area contributed by atoms with Crippen LogP contribution in [-0.2, 0) is 11.2 Å². The molecule has 4 nitrogen and oxygen atoms in total. The molecule has 0 bridgehead atoms. The van der Waals surface area contributed by atoms with Gasteiger partial charge in [0.15, 0.2) is 0 Å². The SMILES string of the molecule is C=C(C(=C)c1nccc2c1C(=C)OCC2)c1ccc(C#N)nc1C. The summed E-state index contributed by atoms with van der Waals surface area (Å²) in [7, 11) is 0. The van der Waals surface area contributed by atoms with E-state index in [-0.39, 0.29) is 0 Å². The van der Waals surface area contributed by atoms with Gasteiger partial charge >= 0.3 is 0 Å². The molecule has 3 rings (SSSR count). The maximum atomic E-state index is 8.95. The summed E-state index contributed by atoms with van der Waals surface area (Å²) < 4.78 is 5.58. The maximum Gasteiger partial charge on any atom is 0.140 e. The molecule has 0 N–H and O–H groups in total. The average molecular weight is 315 g/mol. The minimum absolute atomic E-state index is 0.381. The van der Waals surface area contributed by atoms with Crippen LogP contribution in [0.25, 0.3) is 16.9 Å². The van der Waals surface area contributed by atoms with Gasteiger partial charge in [0.05, 0.1) is 12.3 Å². The molecule has 2 aromatic heterocycles. The molecule has 0 saturated heterocycles. The second-order valence-electron chi connectivity index (χ2n) is 5.61. The Morgan fingerprint density at radius 3 is 2.75 bits per heavy atom. The summed E-state index contributed by atoms with van der Waals surface area (Å²) in [6.45, 7) is 14.8. The van der Waals surface area contributed by atoms with Gasteiger partial charge in [0.25, 0.3) is 0 Å². The smallest absolute Gasteiger partial charge is 0.140 e. The van der Waals surface area contributed by atoms with Crippen molar-refractivity contribution in [3.63, 3.8) is 0 Å². The fourth-order valence-corrected chi connectivity index (χ4v) is 2.85. The lowest BCUT2D eigenvalue weighted by Gasteiger charge is -2.23. The number of hydrogen-bond donors (Lipinski definition) is 0. The predicted octanol–water partition coefficient (Wildman–Crippen LogP) is 3.93. The number of aryl methyl sites for hydroxylation is 1. The molecule has 0 aliphatic carbocycles. The third kappa shape index (κ3) is 2.61. The summed E-state index contributed by atoms with van der Waals surface area (Å²) in [5, 5.41) is 8.95. The monoisotopic (exact) mass is 315 g/mol. The van der Waals surface area contributed by atoms with E-state index >= 15 is 0 Å². The van der Waals surface area contributed by atoms with Crippen LogP contribution >= 0.6 is 0 Å². The Morgan fingerprint density at radius 2 is 2.04 bits per heavy atom. The number of pyridine rings is 2. The summed E-state index contributed by atoms with van der Waals surface area (Å²) in [4.78, 5) is 8.74. The van der Waals surface area contributed by atoms with Crippen LogP contribution in [0, 0.1) is 18.3 Å². The van der Waals surface area contributed by atoms with E-state index in [4.69, 9.17) is 10.00 Å². The molecule has 0 aromatic carbocycles. The first-order valence-corrected chi connectivity index (χ1v) is 7.59. The molecule has 24 heavy (non-hydrogen) atoms. The van der Waals surface area contributed by atoms with Gasteiger partial charge in [-0.2, -0.15) is 5.26 Å². The minimum atomic E-state index is 0.381. The molecule has 0 spiro atoms. The molecule has 0 atom stereocenters. The van der Waals surface area contributed by atoms with E-state index in [9.17, 15) is 0 Å². The van der Waals surface area contributed by atoms with Crippen LogP contribution in [0.3, 0.4) is 0 Å². The van der Waals surface area contributed by atoms with Crippen molar-refractivity contribution >= 4 is 16.9 Å². The van der Waals surface area contributed by atoms with Gasteiger partial charge in [-0.15, -0.1) is 0 Å². The van der Waals surface area contributed by atoms with E-state index in [0.29, 0.717) is 23.6 Å². The first-order valence-electron chi connectivity index (χ1n) is 7.59. The highest BCUT2D eigenvalue weighted by molar-refractivity contribution is 6.04. The number of aromatic nitrogens is 2. The first kappa shape index (κ1) is 15.7. The highest BCUT2D eigenvalue weighted by Gasteiger charge is 2.22. The van der Waals surface area contributed by atoms with Gasteiger partial charge in [-0.3, -0.25) is 4.98 Å². The number of nitriles is 1. The van der Waals surface area contributed by atoms with Crippen LogP contribution in [0.5, 0.6) is 0 Å². The Labute approximate surface area is 141 Å². The molecule has 1 aliphatic rings. The number of allylic oxidation sites excluding steroid dienone is 2. The van der Waals surface area contributed by atoms with Crippen molar-refractivity contribution in [3.8, 4) is 6.07 Å². The van der Waals surface area contributed by atoms with Crippen molar-refractivity contribution in [2.24, 2.45) is 0 Å². The van der Waals surface area contributed by atoms with Gasteiger partial charge in [-0.25, -0.2) is 4.98 Å². The van der Waals surface area contributed by atoms with Crippen molar-refractivity contribution in [1.29, 1.82) is 5.26 Å². The van der Waals surface area contributed by atoms with Crippen LogP contribution in [0.15, 0.2) is 44.1 Å². The van der Waals surface area contributed by atoms with Gasteiger partial charge in [0.1, 0.15) is 17.5 Å². The quantitative estimate of drug-likeness (QED) is 0.805. The molecule has 0 amide bonds. The molecule has 118 valence electrons. The van der Waals surface area contributed by atoms with Crippen molar-refractivity contribution < 1.29 is 4.74 Å². The lowest BCUT2D eigenvalue weighted by atomic mass is 9.91. The largest absolute Gasteiger partial charge is 0.493 e. The van der Waals surface area contributed by atoms with E-state index in [0.717, 1.165) is 40.1 Å². The predicted molar refractivity (Wildman–Crippen MR) is 94.7 cm³/mol. The molecule has 1 aliphatic heterocycles. The molecule has 4 heteroatoms. The number of fused-ring (bicyclic) bond motifs is 1. The molecule has 0 radical (unpaired) electrons. The highest BCUT2D eigenvalue weighted by Crippen LogP contribution is 2.35. The standard InChI is InChI=1S/C20H17N3O/c1-12(18-6-5-17(11-21)23-14(18)3)13(2)20-19-15(4)24-10-8-16(19)7-9-22-20/h5-7,9H,1-2,4,8,10H2,3H3. The molecule has 0 saturated carbocycles. The zero-order chi connectivity index (χ0) is 17.3. The molecular formula is C20H17N3O. The second kappa shape index (κ2) is 6.13. The van der Waals surface area contributed by atoms with Crippen LogP contribution in [0.4, 0.5) is 0 Å². The number of hydrogen-bond acceptors (Lipinski definition) is 4. The Hall–Kier alpha value is -3.19. The average Bonchev–Trinajstić information content (AvgIpc) is 2.60. The van der Waals surface area contributed by atoms with Crippen molar-refractivity contribution in [2.75, 3.05) is 6.61 Å². The fraction of sp³-hybridized carbons (Fsp3) is 0.150. The van der Waals surface area contributed by atoms with E-state index in [2.05, 4.69) is 29.7 Å². The summed E-state index contributed by atoms with van der Waals surface area (Å²) in [5.41, 5.74) is 6.17. The van der Waals surface area contributed by atoms with Crippen molar-refractivity contribution in [1.82, 2.24) is 9.97 Å². The maximum absolute atomic E-state index is 8.95. The van der Waals surface area contributed by atoms with Gasteiger partial charge in [-0.05, 0) is 36.3 Å². The van der Waals surface area contributed by atoms with E-state index in [1.165, 1.54) is 0 Å². The van der Waals surface area contributed by atoms with Crippen molar-refractivity contribution in [3.05, 3.63) is 77.9 Å². The third-order valence-corrected chi connectivity index (χ3v) is 4.14. The summed E-state index contributed by atoms with van der Waals surface area (Å²) >= 11 is 0. The first-order chi connectivity index (χ1) is 11.5. The van der Waals surface area contributed by atoms with E-state index in [1.807, 2.05) is 25.1 Å². The molecule has 0 unspecified atom stereocenters. The summed E-state index contributed by atoms with van der Waals surface area (Å²) in [6, 6.07) is 7.54. The van der Waals surface area contributed by atoms with Crippen LogP contribution in [0.1, 0.15) is 33.8 Å². The molecule has 3 heterocycles. The Balaban J connectivity index is 2.03.